The van der Waals surface area contributed by atoms with Gasteiger partial charge in [-0.05, 0) is 45.0 Å². The number of rotatable bonds is 8. The summed E-state index contributed by atoms with van der Waals surface area (Å²) in [5.41, 5.74) is 1.33. The fourth-order valence-corrected chi connectivity index (χ4v) is 2.01. The second-order valence-corrected chi connectivity index (χ2v) is 5.26. The standard InChI is InChI=1S/C16H28N2O/c1-6-16(17-11-12-18(4)13(2)3)14-7-9-15(19-5)10-8-14/h7-10,13,16-17H,6,11-12H2,1-5H3. The summed E-state index contributed by atoms with van der Waals surface area (Å²) in [4.78, 5) is 2.35. The van der Waals surface area contributed by atoms with Gasteiger partial charge < -0.3 is 15.0 Å². The Morgan fingerprint density at radius 3 is 2.32 bits per heavy atom. The van der Waals surface area contributed by atoms with Crippen LogP contribution in [-0.4, -0.2) is 38.2 Å². The number of methoxy groups -OCH3 is 1. The van der Waals surface area contributed by atoms with Crippen molar-refractivity contribution in [3.05, 3.63) is 29.8 Å². The van der Waals surface area contributed by atoms with E-state index in [0.717, 1.165) is 25.3 Å². The lowest BCUT2D eigenvalue weighted by atomic mass is 10.0. The van der Waals surface area contributed by atoms with E-state index in [2.05, 4.69) is 50.2 Å². The van der Waals surface area contributed by atoms with Crippen LogP contribution in [-0.2, 0) is 0 Å². The molecule has 0 aliphatic heterocycles. The molecule has 0 bridgehead atoms. The molecule has 0 heterocycles. The van der Waals surface area contributed by atoms with E-state index in [0.29, 0.717) is 12.1 Å². The predicted octanol–water partition coefficient (Wildman–Crippen LogP) is 3.08. The second-order valence-electron chi connectivity index (χ2n) is 5.26. The smallest absolute Gasteiger partial charge is 0.118 e. The van der Waals surface area contributed by atoms with Gasteiger partial charge in [0.15, 0.2) is 0 Å². The molecule has 0 aliphatic carbocycles. The molecule has 1 rings (SSSR count). The summed E-state index contributed by atoms with van der Waals surface area (Å²) >= 11 is 0. The predicted molar refractivity (Wildman–Crippen MR) is 81.8 cm³/mol. The highest BCUT2D eigenvalue weighted by Gasteiger charge is 2.09. The Morgan fingerprint density at radius 2 is 1.84 bits per heavy atom. The van der Waals surface area contributed by atoms with Crippen LogP contribution in [0.15, 0.2) is 24.3 Å². The zero-order chi connectivity index (χ0) is 14.3. The molecule has 1 atom stereocenters. The van der Waals surface area contributed by atoms with Gasteiger partial charge in [0.1, 0.15) is 5.75 Å². The molecule has 1 aromatic carbocycles. The molecule has 108 valence electrons. The molecule has 1 N–H and O–H groups in total. The largest absolute Gasteiger partial charge is 0.497 e. The molecule has 1 unspecified atom stereocenters. The quantitative estimate of drug-likeness (QED) is 0.781. The maximum atomic E-state index is 5.19. The minimum absolute atomic E-state index is 0.423. The van der Waals surface area contributed by atoms with Crippen molar-refractivity contribution in [1.29, 1.82) is 0 Å². The van der Waals surface area contributed by atoms with Crippen LogP contribution in [0.5, 0.6) is 5.75 Å². The van der Waals surface area contributed by atoms with Crippen LogP contribution in [0.4, 0.5) is 0 Å². The number of nitrogens with zero attached hydrogens (tertiary/aromatic N) is 1. The number of hydrogen-bond acceptors (Lipinski definition) is 3. The zero-order valence-electron chi connectivity index (χ0n) is 12.9. The lowest BCUT2D eigenvalue weighted by Crippen LogP contribution is -2.35. The third-order valence-electron chi connectivity index (χ3n) is 3.66. The van der Waals surface area contributed by atoms with Crippen molar-refractivity contribution in [3.63, 3.8) is 0 Å². The highest BCUT2D eigenvalue weighted by molar-refractivity contribution is 5.29. The number of nitrogens with one attached hydrogen (secondary N) is 1. The van der Waals surface area contributed by atoms with Crippen molar-refractivity contribution in [2.75, 3.05) is 27.2 Å². The number of hydrogen-bond donors (Lipinski definition) is 1. The average molecular weight is 264 g/mol. The third-order valence-corrected chi connectivity index (χ3v) is 3.66. The average Bonchev–Trinajstić information content (AvgIpc) is 2.43. The van der Waals surface area contributed by atoms with Crippen LogP contribution in [0.2, 0.25) is 0 Å². The molecule has 0 radical (unpaired) electrons. The highest BCUT2D eigenvalue weighted by atomic mass is 16.5. The first kappa shape index (κ1) is 16.0. The van der Waals surface area contributed by atoms with Gasteiger partial charge in [0, 0.05) is 25.2 Å². The lowest BCUT2D eigenvalue weighted by molar-refractivity contribution is 0.268. The molecule has 0 aliphatic rings. The van der Waals surface area contributed by atoms with Gasteiger partial charge in [-0.1, -0.05) is 19.1 Å². The van der Waals surface area contributed by atoms with Crippen LogP contribution in [0.25, 0.3) is 0 Å². The first-order chi connectivity index (χ1) is 9.08. The van der Waals surface area contributed by atoms with E-state index in [1.165, 1.54) is 5.56 Å². The summed E-state index contributed by atoms with van der Waals surface area (Å²) in [5, 5.41) is 3.63. The maximum absolute atomic E-state index is 5.19. The van der Waals surface area contributed by atoms with Crippen LogP contribution in [0, 0.1) is 0 Å². The maximum Gasteiger partial charge on any atom is 0.118 e. The number of benzene rings is 1. The normalized spacial score (nSPS) is 13.0. The van der Waals surface area contributed by atoms with Crippen molar-refractivity contribution in [2.45, 2.75) is 39.3 Å². The fraction of sp³-hybridized carbons (Fsp3) is 0.625. The summed E-state index contributed by atoms with van der Waals surface area (Å²) in [6.45, 7) is 8.75. The minimum atomic E-state index is 0.423. The van der Waals surface area contributed by atoms with Gasteiger partial charge in [0.2, 0.25) is 0 Å². The van der Waals surface area contributed by atoms with E-state index in [1.807, 2.05) is 12.1 Å². The SMILES string of the molecule is CCC(NCCN(C)C(C)C)c1ccc(OC)cc1. The molecule has 3 nitrogen and oxygen atoms in total. The lowest BCUT2D eigenvalue weighted by Gasteiger charge is -2.23. The van der Waals surface area contributed by atoms with Gasteiger partial charge >= 0.3 is 0 Å². The first-order valence-corrected chi connectivity index (χ1v) is 7.16. The van der Waals surface area contributed by atoms with Crippen molar-refractivity contribution in [3.8, 4) is 5.75 Å². The third kappa shape index (κ3) is 5.21. The van der Waals surface area contributed by atoms with Gasteiger partial charge in [0.25, 0.3) is 0 Å². The molecule has 0 saturated heterocycles. The molecular formula is C16H28N2O. The number of ether oxygens (including phenoxy) is 1. The molecule has 0 aromatic heterocycles. The topological polar surface area (TPSA) is 24.5 Å². The van der Waals surface area contributed by atoms with Gasteiger partial charge in [-0.25, -0.2) is 0 Å². The van der Waals surface area contributed by atoms with Gasteiger partial charge in [0.05, 0.1) is 7.11 Å². The number of likely N-dealkylation sites (N-methyl/N-ethyl adjacent to an activating group) is 1. The Hall–Kier alpha value is -1.06. The molecule has 0 spiro atoms. The van der Waals surface area contributed by atoms with Gasteiger partial charge in [-0.3, -0.25) is 0 Å². The van der Waals surface area contributed by atoms with E-state index in [4.69, 9.17) is 4.74 Å². The summed E-state index contributed by atoms with van der Waals surface area (Å²) in [6.07, 6.45) is 1.09. The first-order valence-electron chi connectivity index (χ1n) is 7.16. The molecule has 0 saturated carbocycles. The Bertz CT molecular complexity index is 348. The summed E-state index contributed by atoms with van der Waals surface area (Å²) in [7, 11) is 3.87. The Morgan fingerprint density at radius 1 is 1.21 bits per heavy atom. The van der Waals surface area contributed by atoms with E-state index in [-0.39, 0.29) is 0 Å². The van der Waals surface area contributed by atoms with Crippen LogP contribution < -0.4 is 10.1 Å². The molecule has 1 aromatic rings. The highest BCUT2D eigenvalue weighted by Crippen LogP contribution is 2.19. The fourth-order valence-electron chi connectivity index (χ4n) is 2.01. The molecule has 3 heteroatoms. The summed E-state index contributed by atoms with van der Waals surface area (Å²) in [5.74, 6) is 0.915. The second kappa shape index (κ2) is 8.18. The van der Waals surface area contributed by atoms with Gasteiger partial charge in [-0.2, -0.15) is 0 Å². The Kier molecular flexibility index (Phi) is 6.89. The van der Waals surface area contributed by atoms with Crippen LogP contribution >= 0.6 is 0 Å². The molecular weight excluding hydrogens is 236 g/mol. The van der Waals surface area contributed by atoms with Crippen LogP contribution in [0.1, 0.15) is 38.8 Å². The molecule has 0 fully saturated rings. The van der Waals surface area contributed by atoms with Crippen molar-refractivity contribution in [2.24, 2.45) is 0 Å². The Balaban J connectivity index is 2.48. The van der Waals surface area contributed by atoms with E-state index in [1.54, 1.807) is 7.11 Å². The van der Waals surface area contributed by atoms with E-state index < -0.39 is 0 Å². The van der Waals surface area contributed by atoms with Crippen LogP contribution in [0.3, 0.4) is 0 Å². The van der Waals surface area contributed by atoms with Crippen molar-refractivity contribution >= 4 is 0 Å². The molecule has 0 amide bonds. The summed E-state index contributed by atoms with van der Waals surface area (Å²) in [6, 6.07) is 9.37. The Labute approximate surface area is 118 Å². The minimum Gasteiger partial charge on any atom is -0.497 e. The monoisotopic (exact) mass is 264 g/mol. The van der Waals surface area contributed by atoms with Crippen molar-refractivity contribution < 1.29 is 4.74 Å². The van der Waals surface area contributed by atoms with Crippen molar-refractivity contribution in [1.82, 2.24) is 10.2 Å². The van der Waals surface area contributed by atoms with E-state index in [9.17, 15) is 0 Å². The zero-order valence-corrected chi connectivity index (χ0v) is 12.9. The summed E-state index contributed by atoms with van der Waals surface area (Å²) < 4.78 is 5.19. The van der Waals surface area contributed by atoms with Gasteiger partial charge in [-0.15, -0.1) is 0 Å². The molecule has 19 heavy (non-hydrogen) atoms. The van der Waals surface area contributed by atoms with E-state index >= 15 is 0 Å².